The lowest BCUT2D eigenvalue weighted by Gasteiger charge is -1.82. The van der Waals surface area contributed by atoms with Crippen LogP contribution in [0.25, 0.3) is 0 Å². The van der Waals surface area contributed by atoms with Crippen molar-refractivity contribution in [3.8, 4) is 0 Å². The van der Waals surface area contributed by atoms with E-state index in [1.807, 2.05) is 11.8 Å². The molecule has 0 radical (unpaired) electrons. The number of rotatable bonds is 2. The van der Waals surface area contributed by atoms with Crippen LogP contribution in [-0.2, 0) is 0 Å². The van der Waals surface area contributed by atoms with Gasteiger partial charge in [-0.2, -0.15) is 11.8 Å². The maximum Gasteiger partial charge on any atom is 0.0150 e. The zero-order chi connectivity index (χ0) is 4.41. The Kier molecular flexibility index (Phi) is 1.37. The number of nitrogens with two attached hydrogens (primary N) is 1. The van der Waals surface area contributed by atoms with Gasteiger partial charge in [0.2, 0.25) is 0 Å². The van der Waals surface area contributed by atoms with E-state index in [9.17, 15) is 0 Å². The largest absolute Gasteiger partial charge is 0.330 e. The number of hydrogen-bond donors (Lipinski definition) is 1. The van der Waals surface area contributed by atoms with E-state index in [1.165, 1.54) is 12.2 Å². The van der Waals surface area contributed by atoms with Gasteiger partial charge in [-0.15, -0.1) is 0 Å². The Bertz CT molecular complexity index is 42.8. The summed E-state index contributed by atoms with van der Waals surface area (Å²) in [6.07, 6.45) is 1.23. The third kappa shape index (κ3) is 1.19. The molecule has 1 heterocycles. The van der Waals surface area contributed by atoms with E-state index in [-0.39, 0.29) is 0 Å². The van der Waals surface area contributed by atoms with E-state index in [2.05, 4.69) is 0 Å². The molecule has 0 aromatic heterocycles. The molecular formula is C4H9NS. The normalized spacial score (nSPS) is 30.5. The third-order valence-corrected chi connectivity index (χ3v) is 1.93. The lowest BCUT2D eigenvalue weighted by atomic mass is 10.3. The SMILES string of the molecule is NCCC1CS1. The van der Waals surface area contributed by atoms with Gasteiger partial charge in [0.05, 0.1) is 0 Å². The highest BCUT2D eigenvalue weighted by molar-refractivity contribution is 8.06. The summed E-state index contributed by atoms with van der Waals surface area (Å²) in [6, 6.07) is 0. The maximum absolute atomic E-state index is 5.26. The summed E-state index contributed by atoms with van der Waals surface area (Å²) in [7, 11) is 0. The van der Waals surface area contributed by atoms with Crippen molar-refractivity contribution in [2.45, 2.75) is 11.7 Å². The first kappa shape index (κ1) is 4.47. The Morgan fingerprint density at radius 3 is 2.67 bits per heavy atom. The van der Waals surface area contributed by atoms with Crippen LogP contribution in [-0.4, -0.2) is 17.5 Å². The van der Waals surface area contributed by atoms with Crippen molar-refractivity contribution in [3.63, 3.8) is 0 Å². The fraction of sp³-hybridized carbons (Fsp3) is 1.00. The predicted molar refractivity (Wildman–Crippen MR) is 29.9 cm³/mol. The molecule has 1 aliphatic rings. The van der Waals surface area contributed by atoms with Gasteiger partial charge in [0.25, 0.3) is 0 Å². The molecule has 36 valence electrons. The molecule has 1 aliphatic heterocycles. The summed E-state index contributed by atoms with van der Waals surface area (Å²) in [4.78, 5) is 0. The zero-order valence-corrected chi connectivity index (χ0v) is 4.50. The molecule has 1 atom stereocenters. The van der Waals surface area contributed by atoms with Crippen LogP contribution >= 0.6 is 11.8 Å². The van der Waals surface area contributed by atoms with Gasteiger partial charge in [0.15, 0.2) is 0 Å². The summed E-state index contributed by atoms with van der Waals surface area (Å²) >= 11 is 2.01. The van der Waals surface area contributed by atoms with Crippen molar-refractivity contribution in [3.05, 3.63) is 0 Å². The zero-order valence-electron chi connectivity index (χ0n) is 3.68. The van der Waals surface area contributed by atoms with Crippen LogP contribution in [0.1, 0.15) is 6.42 Å². The van der Waals surface area contributed by atoms with Gasteiger partial charge in [0.1, 0.15) is 0 Å². The Labute approximate surface area is 42.3 Å². The first-order chi connectivity index (χ1) is 2.93. The van der Waals surface area contributed by atoms with E-state index >= 15 is 0 Å². The summed E-state index contributed by atoms with van der Waals surface area (Å²) in [6.45, 7) is 0.873. The summed E-state index contributed by atoms with van der Waals surface area (Å²) in [5.41, 5.74) is 5.26. The van der Waals surface area contributed by atoms with Gasteiger partial charge in [-0.25, -0.2) is 0 Å². The van der Waals surface area contributed by atoms with Gasteiger partial charge < -0.3 is 5.73 Å². The van der Waals surface area contributed by atoms with E-state index in [0.717, 1.165) is 11.8 Å². The molecule has 0 amide bonds. The summed E-state index contributed by atoms with van der Waals surface area (Å²) in [5, 5.41) is 0.940. The lowest BCUT2D eigenvalue weighted by molar-refractivity contribution is 0.871. The van der Waals surface area contributed by atoms with Crippen molar-refractivity contribution in [1.82, 2.24) is 0 Å². The first-order valence-corrected chi connectivity index (χ1v) is 3.30. The minimum atomic E-state index is 0.873. The predicted octanol–water partition coefficient (Wildman–Crippen LogP) is 0.451. The molecule has 0 aromatic rings. The van der Waals surface area contributed by atoms with Crippen LogP contribution in [0.15, 0.2) is 0 Å². The lowest BCUT2D eigenvalue weighted by Crippen LogP contribution is -2.00. The van der Waals surface area contributed by atoms with Crippen molar-refractivity contribution in [2.24, 2.45) is 5.73 Å². The number of thioether (sulfide) groups is 1. The van der Waals surface area contributed by atoms with Gasteiger partial charge >= 0.3 is 0 Å². The Balaban J connectivity index is 1.88. The molecule has 2 N–H and O–H groups in total. The average molecular weight is 103 g/mol. The van der Waals surface area contributed by atoms with Gasteiger partial charge in [-0.1, -0.05) is 0 Å². The van der Waals surface area contributed by atoms with Gasteiger partial charge in [-0.3, -0.25) is 0 Å². The molecule has 1 fully saturated rings. The van der Waals surface area contributed by atoms with Crippen LogP contribution in [0.5, 0.6) is 0 Å². The van der Waals surface area contributed by atoms with E-state index in [4.69, 9.17) is 5.73 Å². The monoisotopic (exact) mass is 103 g/mol. The average Bonchev–Trinajstić information content (AvgIpc) is 2.21. The summed E-state index contributed by atoms with van der Waals surface area (Å²) < 4.78 is 0. The Hall–Kier alpha value is 0.310. The fourth-order valence-corrected chi connectivity index (χ4v) is 1.03. The first-order valence-electron chi connectivity index (χ1n) is 2.25. The highest BCUT2D eigenvalue weighted by atomic mass is 32.2. The second kappa shape index (κ2) is 1.85. The highest BCUT2D eigenvalue weighted by Gasteiger charge is 2.20. The standard InChI is InChI=1S/C4H9NS/c5-2-1-4-3-6-4/h4H,1-3,5H2. The smallest absolute Gasteiger partial charge is 0.0150 e. The van der Waals surface area contributed by atoms with E-state index < -0.39 is 0 Å². The minimum Gasteiger partial charge on any atom is -0.330 e. The molecule has 2 heteroatoms. The van der Waals surface area contributed by atoms with Gasteiger partial charge in [-0.05, 0) is 13.0 Å². The maximum atomic E-state index is 5.26. The highest BCUT2D eigenvalue weighted by Crippen LogP contribution is 2.31. The van der Waals surface area contributed by atoms with Gasteiger partial charge in [0, 0.05) is 11.0 Å². The topological polar surface area (TPSA) is 26.0 Å². The third-order valence-electron chi connectivity index (χ3n) is 0.891. The second-order valence-corrected chi connectivity index (χ2v) is 2.87. The molecular weight excluding hydrogens is 94.1 g/mol. The van der Waals surface area contributed by atoms with Crippen LogP contribution in [0, 0.1) is 0 Å². The van der Waals surface area contributed by atoms with E-state index in [0.29, 0.717) is 0 Å². The second-order valence-electron chi connectivity index (χ2n) is 1.53. The van der Waals surface area contributed by atoms with Crippen molar-refractivity contribution in [2.75, 3.05) is 12.3 Å². The van der Waals surface area contributed by atoms with Crippen LogP contribution in [0.4, 0.5) is 0 Å². The molecule has 6 heavy (non-hydrogen) atoms. The molecule has 1 nitrogen and oxygen atoms in total. The van der Waals surface area contributed by atoms with Crippen LogP contribution in [0.3, 0.4) is 0 Å². The Morgan fingerprint density at radius 2 is 2.50 bits per heavy atom. The Morgan fingerprint density at radius 1 is 1.83 bits per heavy atom. The molecule has 0 aromatic carbocycles. The van der Waals surface area contributed by atoms with Crippen LogP contribution in [0.2, 0.25) is 0 Å². The molecule has 0 spiro atoms. The van der Waals surface area contributed by atoms with Crippen LogP contribution < -0.4 is 5.73 Å². The minimum absolute atomic E-state index is 0.873. The molecule has 1 rings (SSSR count). The molecule has 0 saturated carbocycles. The van der Waals surface area contributed by atoms with E-state index in [1.54, 1.807) is 0 Å². The quantitative estimate of drug-likeness (QED) is 0.513. The molecule has 0 bridgehead atoms. The molecule has 0 aliphatic carbocycles. The van der Waals surface area contributed by atoms with Crippen molar-refractivity contribution in [1.29, 1.82) is 0 Å². The summed E-state index contributed by atoms with van der Waals surface area (Å²) in [5.74, 6) is 1.36. The molecule has 1 unspecified atom stereocenters. The fourth-order valence-electron chi connectivity index (χ4n) is 0.421. The van der Waals surface area contributed by atoms with Crippen molar-refractivity contribution >= 4 is 11.8 Å². The van der Waals surface area contributed by atoms with Crippen molar-refractivity contribution < 1.29 is 0 Å². The number of hydrogen-bond acceptors (Lipinski definition) is 2. The molecule has 1 saturated heterocycles.